The Labute approximate surface area is 60.5 Å². The number of hydrogen-bond acceptors (Lipinski definition) is 1. The lowest BCUT2D eigenvalue weighted by Gasteiger charge is -2.51. The van der Waals surface area contributed by atoms with Crippen molar-refractivity contribution in [1.29, 1.82) is 0 Å². The molecule has 2 atom stereocenters. The van der Waals surface area contributed by atoms with Gasteiger partial charge in [-0.15, -0.1) is 0 Å². The Balaban J connectivity index is 2.14. The van der Waals surface area contributed by atoms with E-state index in [1.54, 1.807) is 0 Å². The summed E-state index contributed by atoms with van der Waals surface area (Å²) in [7, 11) is 0. The van der Waals surface area contributed by atoms with E-state index in [9.17, 15) is 4.79 Å². The van der Waals surface area contributed by atoms with Crippen LogP contribution in [0.2, 0.25) is 0 Å². The number of fused-ring (bicyclic) bond motifs is 1. The maximum Gasteiger partial charge on any atom is 0.232 e. The summed E-state index contributed by atoms with van der Waals surface area (Å²) in [6.07, 6.45) is 4.10. The first-order valence-corrected chi connectivity index (χ1v) is 3.72. The summed E-state index contributed by atoms with van der Waals surface area (Å²) in [5, 5.41) is 0. The molecular weight excluding hydrogens is 126 g/mol. The van der Waals surface area contributed by atoms with E-state index in [1.165, 1.54) is 0 Å². The lowest BCUT2D eigenvalue weighted by molar-refractivity contribution is -0.154. The number of hydrogen-bond donors (Lipinski definition) is 0. The van der Waals surface area contributed by atoms with Crippen LogP contribution in [0.5, 0.6) is 0 Å². The van der Waals surface area contributed by atoms with E-state index in [0.29, 0.717) is 18.0 Å². The average molecular weight is 137 g/mol. The maximum atomic E-state index is 11.1. The summed E-state index contributed by atoms with van der Waals surface area (Å²) >= 11 is 0. The standard InChI is InChI=1S/C8H11NO/c1-5(2)9-7-4-3-6(7)8(9)10/h3-7H,1-2H3/t6-,7-/m1/s1. The molecular formula is C8H11NO. The fraction of sp³-hybridized carbons (Fsp3) is 0.625. The lowest BCUT2D eigenvalue weighted by atomic mass is 9.77. The van der Waals surface area contributed by atoms with Crippen LogP contribution in [-0.2, 0) is 4.79 Å². The molecule has 2 rings (SSSR count). The van der Waals surface area contributed by atoms with Gasteiger partial charge in [-0.05, 0) is 13.8 Å². The molecule has 1 aliphatic carbocycles. The third-order valence-electron chi connectivity index (χ3n) is 2.30. The number of rotatable bonds is 1. The zero-order valence-electron chi connectivity index (χ0n) is 6.24. The molecule has 1 aliphatic heterocycles. The Morgan fingerprint density at radius 2 is 2.20 bits per heavy atom. The van der Waals surface area contributed by atoms with Crippen LogP contribution in [0.25, 0.3) is 0 Å². The molecule has 0 spiro atoms. The van der Waals surface area contributed by atoms with E-state index in [2.05, 4.69) is 19.9 Å². The van der Waals surface area contributed by atoms with Crippen molar-refractivity contribution in [2.45, 2.75) is 25.9 Å². The van der Waals surface area contributed by atoms with Gasteiger partial charge in [-0.25, -0.2) is 0 Å². The average Bonchev–Trinajstić information content (AvgIpc) is 1.79. The van der Waals surface area contributed by atoms with Crippen molar-refractivity contribution in [2.75, 3.05) is 0 Å². The molecule has 1 heterocycles. The molecule has 0 N–H and O–H groups in total. The van der Waals surface area contributed by atoms with Crippen molar-refractivity contribution >= 4 is 5.91 Å². The second-order valence-corrected chi connectivity index (χ2v) is 3.24. The molecule has 1 fully saturated rings. The van der Waals surface area contributed by atoms with Crippen LogP contribution < -0.4 is 0 Å². The van der Waals surface area contributed by atoms with Crippen LogP contribution in [0.3, 0.4) is 0 Å². The van der Waals surface area contributed by atoms with Crippen molar-refractivity contribution in [3.05, 3.63) is 12.2 Å². The first kappa shape index (κ1) is 5.96. The van der Waals surface area contributed by atoms with Gasteiger partial charge in [0.25, 0.3) is 0 Å². The predicted molar refractivity (Wildman–Crippen MR) is 38.4 cm³/mol. The summed E-state index contributed by atoms with van der Waals surface area (Å²) in [5.41, 5.74) is 0. The van der Waals surface area contributed by atoms with Crippen LogP contribution in [0.15, 0.2) is 12.2 Å². The molecule has 0 unspecified atom stereocenters. The quantitative estimate of drug-likeness (QED) is 0.386. The van der Waals surface area contributed by atoms with Crippen LogP contribution in [0.4, 0.5) is 0 Å². The van der Waals surface area contributed by atoms with Gasteiger partial charge >= 0.3 is 0 Å². The molecule has 0 aromatic carbocycles. The summed E-state index contributed by atoms with van der Waals surface area (Å²) in [6.45, 7) is 4.11. The van der Waals surface area contributed by atoms with Crippen LogP contribution in [0, 0.1) is 5.92 Å². The molecule has 0 radical (unpaired) electrons. The Hall–Kier alpha value is -0.790. The summed E-state index contributed by atoms with van der Waals surface area (Å²) in [6, 6.07) is 0.825. The molecule has 0 saturated carbocycles. The van der Waals surface area contributed by atoms with Gasteiger partial charge < -0.3 is 4.90 Å². The minimum absolute atomic E-state index is 0.252. The number of β-lactam (4-membered cyclic amide) rings is 1. The second-order valence-electron chi connectivity index (χ2n) is 3.24. The predicted octanol–water partition coefficient (Wildman–Crippen LogP) is 0.792. The topological polar surface area (TPSA) is 20.3 Å². The molecule has 2 nitrogen and oxygen atoms in total. The molecule has 0 aromatic rings. The van der Waals surface area contributed by atoms with E-state index in [4.69, 9.17) is 0 Å². The van der Waals surface area contributed by atoms with Crippen molar-refractivity contribution in [3.63, 3.8) is 0 Å². The third kappa shape index (κ3) is 0.474. The van der Waals surface area contributed by atoms with Gasteiger partial charge in [-0.1, -0.05) is 12.2 Å². The van der Waals surface area contributed by atoms with Gasteiger partial charge in [-0.2, -0.15) is 0 Å². The van der Waals surface area contributed by atoms with E-state index in [0.717, 1.165) is 0 Å². The molecule has 0 aromatic heterocycles. The summed E-state index contributed by atoms with van der Waals surface area (Å²) in [4.78, 5) is 13.1. The van der Waals surface area contributed by atoms with Gasteiger partial charge in [0.15, 0.2) is 0 Å². The van der Waals surface area contributed by atoms with E-state index in [1.807, 2.05) is 11.0 Å². The Morgan fingerprint density at radius 3 is 2.40 bits per heavy atom. The third-order valence-corrected chi connectivity index (χ3v) is 2.30. The van der Waals surface area contributed by atoms with Crippen molar-refractivity contribution in [1.82, 2.24) is 4.90 Å². The molecule has 1 amide bonds. The first-order chi connectivity index (χ1) is 4.72. The van der Waals surface area contributed by atoms with Crippen molar-refractivity contribution < 1.29 is 4.79 Å². The number of carbonyl (C=O) groups is 1. The summed E-state index contributed by atoms with van der Waals surface area (Å²) in [5.74, 6) is 0.560. The zero-order valence-corrected chi connectivity index (χ0v) is 6.24. The molecule has 10 heavy (non-hydrogen) atoms. The monoisotopic (exact) mass is 137 g/mol. The van der Waals surface area contributed by atoms with Gasteiger partial charge in [0.2, 0.25) is 5.91 Å². The number of likely N-dealkylation sites (tertiary alicyclic amines) is 1. The highest BCUT2D eigenvalue weighted by Gasteiger charge is 2.49. The minimum Gasteiger partial charge on any atom is -0.332 e. The van der Waals surface area contributed by atoms with Crippen LogP contribution in [0.1, 0.15) is 13.8 Å². The van der Waals surface area contributed by atoms with Gasteiger partial charge in [0.05, 0.1) is 12.0 Å². The number of carbonyl (C=O) groups excluding carboxylic acids is 1. The Kier molecular flexibility index (Phi) is 0.967. The SMILES string of the molecule is CC(C)N1C(=O)[C@@H]2C=C[C@H]21. The largest absolute Gasteiger partial charge is 0.332 e. The first-order valence-electron chi connectivity index (χ1n) is 3.72. The fourth-order valence-corrected chi connectivity index (χ4v) is 1.65. The molecule has 0 bridgehead atoms. The van der Waals surface area contributed by atoms with Gasteiger partial charge in [0.1, 0.15) is 0 Å². The highest BCUT2D eigenvalue weighted by Crippen LogP contribution is 2.37. The van der Waals surface area contributed by atoms with Crippen molar-refractivity contribution in [2.24, 2.45) is 5.92 Å². The van der Waals surface area contributed by atoms with E-state index in [-0.39, 0.29) is 5.92 Å². The molecule has 54 valence electrons. The molecule has 1 saturated heterocycles. The van der Waals surface area contributed by atoms with Gasteiger partial charge in [0, 0.05) is 6.04 Å². The highest BCUT2D eigenvalue weighted by atomic mass is 16.2. The van der Waals surface area contributed by atoms with Crippen LogP contribution >= 0.6 is 0 Å². The van der Waals surface area contributed by atoms with Crippen LogP contribution in [-0.4, -0.2) is 22.9 Å². The van der Waals surface area contributed by atoms with E-state index >= 15 is 0 Å². The maximum absolute atomic E-state index is 11.1. The smallest absolute Gasteiger partial charge is 0.232 e. The van der Waals surface area contributed by atoms with E-state index < -0.39 is 0 Å². The van der Waals surface area contributed by atoms with Crippen molar-refractivity contribution in [3.8, 4) is 0 Å². The molecule has 2 aliphatic rings. The van der Waals surface area contributed by atoms with Gasteiger partial charge in [-0.3, -0.25) is 4.79 Å². The minimum atomic E-state index is 0.252. The normalized spacial score (nSPS) is 35.5. The fourth-order valence-electron chi connectivity index (χ4n) is 1.65. The highest BCUT2D eigenvalue weighted by molar-refractivity contribution is 5.91. The number of nitrogens with zero attached hydrogens (tertiary/aromatic N) is 1. The Morgan fingerprint density at radius 1 is 1.50 bits per heavy atom. The summed E-state index contributed by atoms with van der Waals surface area (Å²) < 4.78 is 0. The zero-order chi connectivity index (χ0) is 7.30. The number of amides is 1. The second kappa shape index (κ2) is 1.62. The Bertz CT molecular complexity index is 207. The lowest BCUT2D eigenvalue weighted by Crippen LogP contribution is -2.65. The molecule has 2 heteroatoms.